The molecule has 2 N–H and O–H groups in total. The average Bonchev–Trinajstić information content (AvgIpc) is 2.74. The van der Waals surface area contributed by atoms with Gasteiger partial charge in [0.1, 0.15) is 0 Å². The summed E-state index contributed by atoms with van der Waals surface area (Å²) in [6, 6.07) is 8.31. The molecule has 0 radical (unpaired) electrons. The number of carbonyl (C=O) groups is 1. The Hall–Kier alpha value is -1.77. The number of benzene rings is 1. The molecule has 1 aromatic heterocycles. The molecule has 0 fully saturated rings. The molecule has 3 nitrogen and oxygen atoms in total. The highest BCUT2D eigenvalue weighted by Gasteiger charge is 2.07. The zero-order valence-electron chi connectivity index (χ0n) is 11.8. The minimum Gasteiger partial charge on any atom is -0.358 e. The van der Waals surface area contributed by atoms with Crippen LogP contribution in [-0.2, 0) is 11.2 Å². The van der Waals surface area contributed by atoms with Gasteiger partial charge in [-0.2, -0.15) is 0 Å². The predicted molar refractivity (Wildman–Crippen MR) is 79.3 cm³/mol. The summed E-state index contributed by atoms with van der Waals surface area (Å²) < 4.78 is 0. The Balaban J connectivity index is 1.91. The van der Waals surface area contributed by atoms with Gasteiger partial charge < -0.3 is 10.3 Å². The number of carbonyl (C=O) groups excluding carboxylic acids is 1. The lowest BCUT2D eigenvalue weighted by molar-refractivity contribution is -0.121. The number of H-pyrrole nitrogens is 1. The third kappa shape index (κ3) is 3.37. The van der Waals surface area contributed by atoms with Gasteiger partial charge in [-0.3, -0.25) is 4.79 Å². The van der Waals surface area contributed by atoms with Crippen molar-refractivity contribution in [3.63, 3.8) is 0 Å². The third-order valence-electron chi connectivity index (χ3n) is 3.52. The monoisotopic (exact) mass is 258 g/mol. The molecule has 0 aliphatic carbocycles. The number of hydrogen-bond acceptors (Lipinski definition) is 1. The van der Waals surface area contributed by atoms with E-state index in [-0.39, 0.29) is 5.91 Å². The molecule has 0 atom stereocenters. The Bertz CT molecular complexity index is 557. The van der Waals surface area contributed by atoms with E-state index in [0.717, 1.165) is 19.3 Å². The van der Waals surface area contributed by atoms with Gasteiger partial charge in [0.15, 0.2) is 0 Å². The fraction of sp³-hybridized carbons (Fsp3) is 0.438. The van der Waals surface area contributed by atoms with Crippen LogP contribution in [-0.4, -0.2) is 17.4 Å². The highest BCUT2D eigenvalue weighted by Crippen LogP contribution is 2.21. The lowest BCUT2D eigenvalue weighted by Gasteiger charge is -2.04. The number of aryl methyl sites for hydroxylation is 1. The van der Waals surface area contributed by atoms with Crippen LogP contribution in [0, 0.1) is 6.92 Å². The molecular weight excluding hydrogens is 236 g/mol. The van der Waals surface area contributed by atoms with Crippen LogP contribution in [0.5, 0.6) is 0 Å². The first-order valence-electron chi connectivity index (χ1n) is 7.05. The molecular formula is C16H22N2O. The fourth-order valence-corrected chi connectivity index (χ4v) is 2.34. The second kappa shape index (κ2) is 6.41. The van der Waals surface area contributed by atoms with Gasteiger partial charge in [0.05, 0.1) is 0 Å². The summed E-state index contributed by atoms with van der Waals surface area (Å²) in [4.78, 5) is 15.0. The Morgan fingerprint density at radius 2 is 2.11 bits per heavy atom. The van der Waals surface area contributed by atoms with Crippen LogP contribution in [0.15, 0.2) is 24.3 Å². The molecule has 1 heterocycles. The number of amides is 1. The van der Waals surface area contributed by atoms with Gasteiger partial charge in [-0.15, -0.1) is 0 Å². The van der Waals surface area contributed by atoms with Gasteiger partial charge >= 0.3 is 0 Å². The SMILES string of the molecule is CCCCC(=O)NCCc1[nH]c2ccccc2c1C. The lowest BCUT2D eigenvalue weighted by atomic mass is 10.1. The van der Waals surface area contributed by atoms with E-state index in [1.807, 2.05) is 6.07 Å². The summed E-state index contributed by atoms with van der Waals surface area (Å²) >= 11 is 0. The molecule has 0 aliphatic heterocycles. The number of aromatic nitrogens is 1. The maximum atomic E-state index is 11.5. The lowest BCUT2D eigenvalue weighted by Crippen LogP contribution is -2.25. The Morgan fingerprint density at radius 1 is 1.32 bits per heavy atom. The quantitative estimate of drug-likeness (QED) is 0.820. The molecule has 0 spiro atoms. The molecule has 1 aromatic carbocycles. The first-order chi connectivity index (χ1) is 9.22. The Kier molecular flexibility index (Phi) is 4.61. The number of rotatable bonds is 6. The number of fused-ring (bicyclic) bond motifs is 1. The minimum absolute atomic E-state index is 0.163. The van der Waals surface area contributed by atoms with Crippen LogP contribution in [0.4, 0.5) is 0 Å². The average molecular weight is 258 g/mol. The summed E-state index contributed by atoms with van der Waals surface area (Å²) in [5.74, 6) is 0.163. The van der Waals surface area contributed by atoms with Crippen molar-refractivity contribution in [3.8, 4) is 0 Å². The van der Waals surface area contributed by atoms with Crippen molar-refractivity contribution < 1.29 is 4.79 Å². The second-order valence-corrected chi connectivity index (χ2v) is 4.98. The third-order valence-corrected chi connectivity index (χ3v) is 3.52. The molecule has 19 heavy (non-hydrogen) atoms. The molecule has 0 unspecified atom stereocenters. The largest absolute Gasteiger partial charge is 0.358 e. The number of para-hydroxylation sites is 1. The Labute approximate surface area is 114 Å². The topological polar surface area (TPSA) is 44.9 Å². The number of hydrogen-bond donors (Lipinski definition) is 2. The molecule has 3 heteroatoms. The summed E-state index contributed by atoms with van der Waals surface area (Å²) in [5.41, 5.74) is 3.68. The van der Waals surface area contributed by atoms with E-state index in [1.54, 1.807) is 0 Å². The van der Waals surface area contributed by atoms with Crippen molar-refractivity contribution in [1.29, 1.82) is 0 Å². The summed E-state index contributed by atoms with van der Waals surface area (Å²) in [6.45, 7) is 4.93. The van der Waals surface area contributed by atoms with E-state index < -0.39 is 0 Å². The highest BCUT2D eigenvalue weighted by atomic mass is 16.1. The van der Waals surface area contributed by atoms with Crippen LogP contribution in [0.1, 0.15) is 37.4 Å². The van der Waals surface area contributed by atoms with E-state index in [4.69, 9.17) is 0 Å². The van der Waals surface area contributed by atoms with Gasteiger partial charge in [-0.05, 0) is 25.0 Å². The van der Waals surface area contributed by atoms with Crippen molar-refractivity contribution in [2.45, 2.75) is 39.5 Å². The minimum atomic E-state index is 0.163. The molecule has 102 valence electrons. The summed E-state index contributed by atoms with van der Waals surface area (Å²) in [7, 11) is 0. The first-order valence-corrected chi connectivity index (χ1v) is 7.05. The number of unbranched alkanes of at least 4 members (excludes halogenated alkanes) is 1. The first kappa shape index (κ1) is 13.7. The van der Waals surface area contributed by atoms with Crippen molar-refractivity contribution in [2.24, 2.45) is 0 Å². The van der Waals surface area contributed by atoms with Crippen molar-refractivity contribution in [2.75, 3.05) is 6.54 Å². The standard InChI is InChI=1S/C16H22N2O/c1-3-4-9-16(19)17-11-10-14-12(2)13-7-5-6-8-15(13)18-14/h5-8,18H,3-4,9-11H2,1-2H3,(H,17,19). The van der Waals surface area contributed by atoms with E-state index in [0.29, 0.717) is 13.0 Å². The van der Waals surface area contributed by atoms with Crippen LogP contribution in [0.3, 0.4) is 0 Å². The van der Waals surface area contributed by atoms with Crippen LogP contribution < -0.4 is 5.32 Å². The van der Waals surface area contributed by atoms with E-state index in [2.05, 4.69) is 42.3 Å². The summed E-state index contributed by atoms with van der Waals surface area (Å²) in [5, 5.41) is 4.25. The summed E-state index contributed by atoms with van der Waals surface area (Å²) in [6.07, 6.45) is 3.53. The molecule has 2 aromatic rings. The van der Waals surface area contributed by atoms with Gasteiger partial charge in [0.2, 0.25) is 5.91 Å². The smallest absolute Gasteiger partial charge is 0.220 e. The van der Waals surface area contributed by atoms with E-state index in [1.165, 1.54) is 22.2 Å². The van der Waals surface area contributed by atoms with Crippen molar-refractivity contribution in [1.82, 2.24) is 10.3 Å². The second-order valence-electron chi connectivity index (χ2n) is 4.98. The van der Waals surface area contributed by atoms with Crippen LogP contribution in [0.2, 0.25) is 0 Å². The zero-order chi connectivity index (χ0) is 13.7. The van der Waals surface area contributed by atoms with Gasteiger partial charge in [-0.25, -0.2) is 0 Å². The van der Waals surface area contributed by atoms with Crippen LogP contribution in [0.25, 0.3) is 10.9 Å². The normalized spacial score (nSPS) is 10.8. The van der Waals surface area contributed by atoms with Crippen LogP contribution >= 0.6 is 0 Å². The van der Waals surface area contributed by atoms with E-state index in [9.17, 15) is 4.79 Å². The predicted octanol–water partition coefficient (Wildman–Crippen LogP) is 3.33. The fourth-order valence-electron chi connectivity index (χ4n) is 2.34. The van der Waals surface area contributed by atoms with Crippen molar-refractivity contribution in [3.05, 3.63) is 35.5 Å². The maximum Gasteiger partial charge on any atom is 0.220 e. The molecule has 1 amide bonds. The Morgan fingerprint density at radius 3 is 2.84 bits per heavy atom. The highest BCUT2D eigenvalue weighted by molar-refractivity contribution is 5.84. The molecule has 0 aliphatic rings. The number of nitrogens with one attached hydrogen (secondary N) is 2. The van der Waals surface area contributed by atoms with Gasteiger partial charge in [0.25, 0.3) is 0 Å². The van der Waals surface area contributed by atoms with Gasteiger partial charge in [0, 0.05) is 36.0 Å². The molecule has 2 rings (SSSR count). The van der Waals surface area contributed by atoms with Gasteiger partial charge in [-0.1, -0.05) is 31.5 Å². The molecule has 0 saturated carbocycles. The molecule has 0 bridgehead atoms. The zero-order valence-corrected chi connectivity index (χ0v) is 11.8. The van der Waals surface area contributed by atoms with Crippen molar-refractivity contribution >= 4 is 16.8 Å². The van der Waals surface area contributed by atoms with E-state index >= 15 is 0 Å². The molecule has 0 saturated heterocycles. The number of aromatic amines is 1. The maximum absolute atomic E-state index is 11.5.